The number of nitrogens with zero attached hydrogens (tertiary/aromatic N) is 1. The molecule has 13 nitrogen and oxygen atoms in total. The van der Waals surface area contributed by atoms with Crippen molar-refractivity contribution in [2.24, 2.45) is 11.5 Å². The van der Waals surface area contributed by atoms with Gasteiger partial charge in [0.25, 0.3) is 0 Å². The van der Waals surface area contributed by atoms with Crippen molar-refractivity contribution in [3.05, 3.63) is 54.2 Å². The summed E-state index contributed by atoms with van der Waals surface area (Å²) in [4.78, 5) is 60.0. The number of nitrogens with one attached hydrogen (secondary N) is 5. The first kappa shape index (κ1) is 28.3. The lowest BCUT2D eigenvalue weighted by molar-refractivity contribution is -0.138. The van der Waals surface area contributed by atoms with Crippen LogP contribution in [0.5, 0.6) is 0 Å². The van der Waals surface area contributed by atoms with E-state index in [0.717, 1.165) is 16.5 Å². The van der Waals surface area contributed by atoms with Crippen LogP contribution in [-0.2, 0) is 32.0 Å². The van der Waals surface area contributed by atoms with E-state index in [0.29, 0.717) is 25.1 Å². The van der Waals surface area contributed by atoms with Gasteiger partial charge in [-0.3, -0.25) is 19.2 Å². The molecule has 0 aliphatic rings. The van der Waals surface area contributed by atoms with Crippen LogP contribution in [0.3, 0.4) is 0 Å². The lowest BCUT2D eigenvalue weighted by Crippen LogP contribution is -2.56. The van der Waals surface area contributed by atoms with Crippen molar-refractivity contribution in [1.29, 1.82) is 0 Å². The summed E-state index contributed by atoms with van der Waals surface area (Å²) in [6.45, 7) is -0.180. The number of para-hydroxylation sites is 1. The number of unbranched alkanes of at least 4 members (excludes halogenated alkanes) is 1. The Labute approximate surface area is 219 Å². The van der Waals surface area contributed by atoms with Crippen molar-refractivity contribution >= 4 is 34.6 Å². The van der Waals surface area contributed by atoms with E-state index >= 15 is 0 Å². The number of rotatable bonds is 15. The molecule has 2 heterocycles. The fraction of sp³-hybridized carbons (Fsp3) is 0.400. The van der Waals surface area contributed by atoms with Crippen LogP contribution in [0.2, 0.25) is 0 Å². The molecule has 3 atom stereocenters. The molecule has 0 aliphatic carbocycles. The van der Waals surface area contributed by atoms with E-state index in [1.165, 1.54) is 6.33 Å². The molecule has 0 saturated carbocycles. The lowest BCUT2D eigenvalue weighted by Gasteiger charge is -2.24. The Balaban J connectivity index is 1.75. The van der Waals surface area contributed by atoms with Crippen LogP contribution in [-0.4, -0.2) is 75.0 Å². The molecule has 3 unspecified atom stereocenters. The summed E-state index contributed by atoms with van der Waals surface area (Å²) in [5.74, 6) is -2.99. The largest absolute Gasteiger partial charge is 0.480 e. The second kappa shape index (κ2) is 13.9. The highest BCUT2D eigenvalue weighted by Crippen LogP contribution is 2.19. The molecular formula is C25H34N8O5. The van der Waals surface area contributed by atoms with Gasteiger partial charge in [-0.05, 0) is 37.4 Å². The zero-order valence-electron chi connectivity index (χ0n) is 20.9. The highest BCUT2D eigenvalue weighted by Gasteiger charge is 2.29. The Kier molecular flexibility index (Phi) is 10.4. The van der Waals surface area contributed by atoms with Crippen LogP contribution >= 0.6 is 0 Å². The summed E-state index contributed by atoms with van der Waals surface area (Å²) >= 11 is 0. The monoisotopic (exact) mass is 526 g/mol. The first-order valence-electron chi connectivity index (χ1n) is 12.4. The maximum absolute atomic E-state index is 13.3. The fourth-order valence-electron chi connectivity index (χ4n) is 4.05. The molecule has 0 spiro atoms. The maximum atomic E-state index is 13.3. The molecule has 2 aromatic heterocycles. The van der Waals surface area contributed by atoms with Gasteiger partial charge in [0, 0.05) is 41.8 Å². The van der Waals surface area contributed by atoms with Gasteiger partial charge in [0.2, 0.25) is 17.7 Å². The number of amides is 3. The van der Waals surface area contributed by atoms with Crippen molar-refractivity contribution < 1.29 is 24.3 Å². The van der Waals surface area contributed by atoms with Crippen LogP contribution in [0, 0.1) is 0 Å². The lowest BCUT2D eigenvalue weighted by atomic mass is 10.0. The number of H-pyrrole nitrogens is 2. The number of hydrogen-bond donors (Lipinski definition) is 8. The number of aliphatic carboxylic acids is 1. The second-order valence-electron chi connectivity index (χ2n) is 8.97. The van der Waals surface area contributed by atoms with E-state index in [9.17, 15) is 19.2 Å². The number of carboxylic acids is 1. The van der Waals surface area contributed by atoms with Gasteiger partial charge in [-0.25, -0.2) is 4.98 Å². The summed E-state index contributed by atoms with van der Waals surface area (Å²) in [7, 11) is 0. The number of aromatic nitrogens is 3. The zero-order chi connectivity index (χ0) is 27.5. The zero-order valence-corrected chi connectivity index (χ0v) is 20.9. The van der Waals surface area contributed by atoms with Crippen LogP contribution in [0.4, 0.5) is 0 Å². The number of fused-ring (bicyclic) bond motifs is 1. The van der Waals surface area contributed by atoms with Gasteiger partial charge >= 0.3 is 5.97 Å². The predicted molar refractivity (Wildman–Crippen MR) is 140 cm³/mol. The van der Waals surface area contributed by atoms with E-state index in [1.807, 2.05) is 24.3 Å². The molecule has 38 heavy (non-hydrogen) atoms. The van der Waals surface area contributed by atoms with E-state index in [1.54, 1.807) is 12.4 Å². The van der Waals surface area contributed by atoms with Crippen LogP contribution in [0.25, 0.3) is 10.9 Å². The van der Waals surface area contributed by atoms with Crippen molar-refractivity contribution in [2.45, 2.75) is 50.2 Å². The highest BCUT2D eigenvalue weighted by atomic mass is 16.4. The quantitative estimate of drug-likeness (QED) is 0.118. The van der Waals surface area contributed by atoms with E-state index in [2.05, 4.69) is 30.9 Å². The number of nitrogens with two attached hydrogens (primary N) is 2. The molecule has 1 aromatic carbocycles. The van der Waals surface area contributed by atoms with Crippen LogP contribution < -0.4 is 27.4 Å². The third-order valence-electron chi connectivity index (χ3n) is 6.06. The first-order chi connectivity index (χ1) is 18.3. The summed E-state index contributed by atoms with van der Waals surface area (Å²) in [5.41, 5.74) is 13.9. The number of carbonyl (C=O) groups excluding carboxylic acids is 3. The molecule has 0 saturated heterocycles. The number of benzene rings is 1. The minimum absolute atomic E-state index is 0.101. The van der Waals surface area contributed by atoms with E-state index < -0.39 is 48.4 Å². The van der Waals surface area contributed by atoms with Gasteiger partial charge in [-0.2, -0.15) is 0 Å². The second-order valence-corrected chi connectivity index (χ2v) is 8.97. The topological polar surface area (TPSA) is 221 Å². The molecule has 10 N–H and O–H groups in total. The van der Waals surface area contributed by atoms with Crippen molar-refractivity contribution in [1.82, 2.24) is 30.9 Å². The number of carboxylic acid groups (broad SMARTS) is 1. The Bertz CT molecular complexity index is 1230. The molecule has 0 aliphatic heterocycles. The molecule has 0 radical (unpaired) electrons. The summed E-state index contributed by atoms with van der Waals surface area (Å²) in [6.07, 6.45) is 6.55. The first-order valence-corrected chi connectivity index (χ1v) is 12.4. The average Bonchev–Trinajstić information content (AvgIpc) is 3.56. The van der Waals surface area contributed by atoms with Gasteiger partial charge in [0.1, 0.15) is 18.6 Å². The summed E-state index contributed by atoms with van der Waals surface area (Å²) in [5, 5.41) is 17.6. The Morgan fingerprint density at radius 3 is 2.45 bits per heavy atom. The molecular weight excluding hydrogens is 492 g/mol. The Morgan fingerprint density at radius 1 is 0.974 bits per heavy atom. The molecule has 3 amide bonds. The van der Waals surface area contributed by atoms with Gasteiger partial charge in [0.15, 0.2) is 0 Å². The average molecular weight is 527 g/mol. The molecule has 3 rings (SSSR count). The van der Waals surface area contributed by atoms with Gasteiger partial charge in [-0.15, -0.1) is 0 Å². The van der Waals surface area contributed by atoms with Gasteiger partial charge in [0.05, 0.1) is 12.4 Å². The highest BCUT2D eigenvalue weighted by molar-refractivity contribution is 5.94. The van der Waals surface area contributed by atoms with Crippen molar-refractivity contribution in [3.63, 3.8) is 0 Å². The molecule has 0 fully saturated rings. The minimum atomic E-state index is -1.21. The SMILES string of the molecule is NCCCCC(NC(=O)C(N)Cc1cnc[nH]1)C(=O)NC(Cc1c[nH]c2ccccc12)C(=O)NCC(=O)O. The fourth-order valence-corrected chi connectivity index (χ4v) is 4.05. The molecule has 3 aromatic rings. The third-order valence-corrected chi connectivity index (χ3v) is 6.06. The molecule has 0 bridgehead atoms. The molecule has 204 valence electrons. The maximum Gasteiger partial charge on any atom is 0.322 e. The number of carbonyl (C=O) groups is 4. The number of imidazole rings is 1. The number of hydrogen-bond acceptors (Lipinski definition) is 7. The minimum Gasteiger partial charge on any atom is -0.480 e. The van der Waals surface area contributed by atoms with E-state index in [4.69, 9.17) is 16.6 Å². The Hall–Kier alpha value is -4.23. The van der Waals surface area contributed by atoms with Crippen molar-refractivity contribution in [3.8, 4) is 0 Å². The third kappa shape index (κ3) is 8.15. The summed E-state index contributed by atoms with van der Waals surface area (Å²) in [6, 6.07) is 4.49. The standard InChI is InChI=1S/C25H34N8O5/c26-8-4-3-7-20(32-23(36)18(27)10-16-12-28-14-31-16)25(38)33-21(24(37)30-13-22(34)35)9-15-11-29-19-6-2-1-5-17(15)19/h1-2,5-6,11-12,14,18,20-21,29H,3-4,7-10,13,26-27H2,(H,28,31)(H,30,37)(H,32,36)(H,33,38)(H,34,35). The predicted octanol–water partition coefficient (Wildman–Crippen LogP) is -0.697. The number of aromatic amines is 2. The Morgan fingerprint density at radius 2 is 1.74 bits per heavy atom. The van der Waals surface area contributed by atoms with Gasteiger partial charge in [-0.1, -0.05) is 18.2 Å². The van der Waals surface area contributed by atoms with Crippen LogP contribution in [0.1, 0.15) is 30.5 Å². The van der Waals surface area contributed by atoms with E-state index in [-0.39, 0.29) is 19.3 Å². The summed E-state index contributed by atoms with van der Waals surface area (Å²) < 4.78 is 0. The van der Waals surface area contributed by atoms with Gasteiger partial charge < -0.3 is 42.5 Å². The van der Waals surface area contributed by atoms with Crippen LogP contribution in [0.15, 0.2) is 43.0 Å². The van der Waals surface area contributed by atoms with Crippen molar-refractivity contribution in [2.75, 3.05) is 13.1 Å². The molecule has 13 heteroatoms. The smallest absolute Gasteiger partial charge is 0.322 e. The normalized spacial score (nSPS) is 13.4.